The minimum atomic E-state index is -1.13. The van der Waals surface area contributed by atoms with Gasteiger partial charge in [-0.1, -0.05) is 84.0 Å². The zero-order valence-corrected chi connectivity index (χ0v) is 25.1. The van der Waals surface area contributed by atoms with Crippen LogP contribution < -0.4 is 21.7 Å². The number of nitrogens with one attached hydrogen (secondary N) is 4. The van der Waals surface area contributed by atoms with Gasteiger partial charge in [-0.05, 0) is 32.2 Å². The molecule has 0 aliphatic heterocycles. The van der Waals surface area contributed by atoms with E-state index in [2.05, 4.69) is 32.8 Å². The number of nitrogens with two attached hydrogens (primary N) is 1. The van der Waals surface area contributed by atoms with Crippen LogP contribution in [0.15, 0.2) is 12.5 Å². The van der Waals surface area contributed by atoms with E-state index in [-0.39, 0.29) is 31.7 Å². The normalized spacial score (nSPS) is 12.5. The lowest BCUT2D eigenvalue weighted by Crippen LogP contribution is -2.53. The monoisotopic (exact) mass is 578 g/mol. The lowest BCUT2D eigenvalue weighted by atomic mass is 10.0. The van der Waals surface area contributed by atoms with Gasteiger partial charge in [0.2, 0.25) is 17.7 Å². The molecule has 0 fully saturated rings. The van der Waals surface area contributed by atoms with Crippen molar-refractivity contribution in [3.63, 3.8) is 0 Å². The number of imide groups is 1. The highest BCUT2D eigenvalue weighted by molar-refractivity contribution is 5.96. The van der Waals surface area contributed by atoms with Gasteiger partial charge in [0.25, 0.3) is 0 Å². The van der Waals surface area contributed by atoms with Crippen molar-refractivity contribution in [3.05, 3.63) is 18.2 Å². The van der Waals surface area contributed by atoms with Gasteiger partial charge in [0, 0.05) is 24.7 Å². The fraction of sp³-hybridized carbons (Fsp3) is 0.767. The number of unbranched alkanes of at least 4 members (excludes halogenated alkanes) is 13. The Hall–Kier alpha value is -2.79. The van der Waals surface area contributed by atoms with Gasteiger partial charge in [-0.25, -0.2) is 9.78 Å². The molecule has 1 heterocycles. The summed E-state index contributed by atoms with van der Waals surface area (Å²) in [6.45, 7) is 2.42. The topological polar surface area (TPSA) is 179 Å². The third-order valence-corrected chi connectivity index (χ3v) is 7.15. The van der Waals surface area contributed by atoms with Crippen molar-refractivity contribution in [2.45, 2.75) is 135 Å². The molecule has 0 saturated carbocycles. The molecular weight excluding hydrogens is 524 g/mol. The fourth-order valence-corrected chi connectivity index (χ4v) is 4.68. The van der Waals surface area contributed by atoms with Crippen LogP contribution in [0.1, 0.15) is 122 Å². The first-order chi connectivity index (χ1) is 19.9. The maximum atomic E-state index is 12.9. The Kier molecular flexibility index (Phi) is 21.1. The van der Waals surface area contributed by atoms with Crippen LogP contribution in [0.2, 0.25) is 0 Å². The Morgan fingerprint density at radius 1 is 0.854 bits per heavy atom. The molecule has 2 unspecified atom stereocenters. The summed E-state index contributed by atoms with van der Waals surface area (Å²) in [5.41, 5.74) is 6.13. The number of hydrogen-bond donors (Lipinski definition) is 6. The van der Waals surface area contributed by atoms with E-state index >= 15 is 0 Å². The second-order valence-electron chi connectivity index (χ2n) is 10.9. The third-order valence-electron chi connectivity index (χ3n) is 7.15. The second kappa shape index (κ2) is 23.9. The highest BCUT2D eigenvalue weighted by Crippen LogP contribution is 2.13. The van der Waals surface area contributed by atoms with Gasteiger partial charge >= 0.3 is 5.97 Å². The number of carbonyl (C=O) groups is 4. The number of carboxylic acids is 1. The summed E-state index contributed by atoms with van der Waals surface area (Å²) in [5.74, 6) is -2.55. The van der Waals surface area contributed by atoms with Crippen LogP contribution in [0, 0.1) is 0 Å². The first kappa shape index (κ1) is 36.2. The zero-order chi connectivity index (χ0) is 30.1. The van der Waals surface area contributed by atoms with E-state index in [0.29, 0.717) is 25.1 Å². The van der Waals surface area contributed by atoms with Crippen LogP contribution in [0.4, 0.5) is 0 Å². The van der Waals surface area contributed by atoms with Crippen LogP contribution in [0.5, 0.6) is 0 Å². The summed E-state index contributed by atoms with van der Waals surface area (Å²) in [6.07, 6.45) is 20.8. The van der Waals surface area contributed by atoms with E-state index in [1.165, 1.54) is 70.5 Å². The van der Waals surface area contributed by atoms with E-state index in [0.717, 1.165) is 19.3 Å². The van der Waals surface area contributed by atoms with Crippen molar-refractivity contribution in [1.82, 2.24) is 25.9 Å². The number of aromatic amines is 1. The van der Waals surface area contributed by atoms with Gasteiger partial charge in [-0.3, -0.25) is 25.0 Å². The molecule has 0 spiro atoms. The van der Waals surface area contributed by atoms with Gasteiger partial charge in [-0.15, -0.1) is 0 Å². The number of aliphatic carboxylic acids is 1. The number of hydrogen-bond acceptors (Lipinski definition) is 7. The molecule has 7 N–H and O–H groups in total. The largest absolute Gasteiger partial charge is 0.480 e. The molecule has 0 aliphatic carbocycles. The molecule has 1 rings (SSSR count). The molecule has 2 atom stereocenters. The second-order valence-corrected chi connectivity index (χ2v) is 10.9. The summed E-state index contributed by atoms with van der Waals surface area (Å²) in [5, 5.41) is 17.3. The average Bonchev–Trinajstić information content (AvgIpc) is 3.46. The van der Waals surface area contributed by atoms with E-state index in [9.17, 15) is 24.3 Å². The van der Waals surface area contributed by atoms with Crippen LogP contribution >= 0.6 is 0 Å². The van der Waals surface area contributed by atoms with E-state index < -0.39 is 29.9 Å². The maximum absolute atomic E-state index is 12.9. The Bertz CT molecular complexity index is 848. The van der Waals surface area contributed by atoms with Crippen LogP contribution in [-0.2, 0) is 25.6 Å². The fourth-order valence-electron chi connectivity index (χ4n) is 4.68. The van der Waals surface area contributed by atoms with E-state index in [1.54, 1.807) is 6.20 Å². The smallest absolute Gasteiger partial charge is 0.326 e. The quantitative estimate of drug-likeness (QED) is 0.0900. The van der Waals surface area contributed by atoms with Crippen molar-refractivity contribution < 1.29 is 24.3 Å². The first-order valence-electron chi connectivity index (χ1n) is 15.6. The molecular formula is C30H54N6O5. The van der Waals surface area contributed by atoms with Crippen molar-refractivity contribution >= 4 is 23.7 Å². The van der Waals surface area contributed by atoms with Crippen LogP contribution in [0.25, 0.3) is 0 Å². The number of carbonyl (C=O) groups excluding carboxylic acids is 3. The van der Waals surface area contributed by atoms with Gasteiger partial charge < -0.3 is 21.1 Å². The molecule has 3 amide bonds. The number of H-pyrrole nitrogens is 1. The van der Waals surface area contributed by atoms with Crippen molar-refractivity contribution in [2.24, 2.45) is 5.73 Å². The summed E-state index contributed by atoms with van der Waals surface area (Å²) in [6, 6.07) is -1.95. The van der Waals surface area contributed by atoms with Gasteiger partial charge in [0.05, 0.1) is 18.9 Å². The predicted molar refractivity (Wildman–Crippen MR) is 160 cm³/mol. The molecule has 0 bridgehead atoms. The average molecular weight is 579 g/mol. The Labute approximate surface area is 245 Å². The molecule has 1 aromatic rings. The number of imidazole rings is 1. The number of aromatic nitrogens is 2. The minimum Gasteiger partial charge on any atom is -0.480 e. The molecule has 11 nitrogen and oxygen atoms in total. The Morgan fingerprint density at radius 2 is 1.46 bits per heavy atom. The molecule has 0 aliphatic rings. The SMILES string of the molecule is CCCCCCCCCCCCCCCC(=O)NC(=O)CNC(Cc1cnc[nH]1)C(=O)NC(CCCCN)C(=O)O. The Balaban J connectivity index is 2.30. The Morgan fingerprint density at radius 3 is 2.00 bits per heavy atom. The number of nitrogens with zero attached hydrogens (tertiary/aromatic N) is 1. The number of carboxylic acid groups (broad SMARTS) is 1. The van der Waals surface area contributed by atoms with Crippen molar-refractivity contribution in [2.75, 3.05) is 13.1 Å². The number of amides is 3. The highest BCUT2D eigenvalue weighted by atomic mass is 16.4. The van der Waals surface area contributed by atoms with Gasteiger partial charge in [0.1, 0.15) is 6.04 Å². The molecule has 0 saturated heterocycles. The van der Waals surface area contributed by atoms with E-state index in [1.807, 2.05) is 0 Å². The summed E-state index contributed by atoms with van der Waals surface area (Å²) >= 11 is 0. The maximum Gasteiger partial charge on any atom is 0.326 e. The van der Waals surface area contributed by atoms with Gasteiger partial charge in [0.15, 0.2) is 0 Å². The summed E-state index contributed by atoms with van der Waals surface area (Å²) < 4.78 is 0. The molecule has 0 radical (unpaired) electrons. The molecule has 0 aromatic carbocycles. The predicted octanol–water partition coefficient (Wildman–Crippen LogP) is 3.73. The molecule has 11 heteroatoms. The highest BCUT2D eigenvalue weighted by Gasteiger charge is 2.26. The van der Waals surface area contributed by atoms with Crippen molar-refractivity contribution in [1.29, 1.82) is 0 Å². The first-order valence-corrected chi connectivity index (χ1v) is 15.6. The van der Waals surface area contributed by atoms with Crippen LogP contribution in [-0.4, -0.2) is 63.9 Å². The lowest BCUT2D eigenvalue weighted by Gasteiger charge is -2.21. The summed E-state index contributed by atoms with van der Waals surface area (Å²) in [4.78, 5) is 55.9. The molecule has 41 heavy (non-hydrogen) atoms. The van der Waals surface area contributed by atoms with Crippen molar-refractivity contribution in [3.8, 4) is 0 Å². The third kappa shape index (κ3) is 19.0. The van der Waals surface area contributed by atoms with Crippen LogP contribution in [0.3, 0.4) is 0 Å². The zero-order valence-electron chi connectivity index (χ0n) is 25.1. The van der Waals surface area contributed by atoms with E-state index in [4.69, 9.17) is 5.73 Å². The number of rotatable bonds is 26. The minimum absolute atomic E-state index is 0.168. The van der Waals surface area contributed by atoms with Gasteiger partial charge in [-0.2, -0.15) is 0 Å². The molecule has 234 valence electrons. The lowest BCUT2D eigenvalue weighted by molar-refractivity contribution is -0.142. The summed E-state index contributed by atoms with van der Waals surface area (Å²) in [7, 11) is 0. The molecule has 1 aromatic heterocycles. The standard InChI is InChI=1S/C30H54N6O5/c1-2-3-4-5-6-7-8-9-10-11-12-13-14-18-27(37)36-28(38)22-33-26(20-24-21-32-23-34-24)29(39)35-25(30(40)41)17-15-16-19-31/h21,23,25-26,33H,2-20,22,31H2,1H3,(H,32,34)(H,35,39)(H,40,41)(H,36,37,38).